The molecule has 1 aromatic carbocycles. The first-order chi connectivity index (χ1) is 6.16. The van der Waals surface area contributed by atoms with Gasteiger partial charge in [0.25, 0.3) is 0 Å². The molecule has 1 aliphatic heterocycles. The summed E-state index contributed by atoms with van der Waals surface area (Å²) in [7, 11) is 0. The Labute approximate surface area is 86.2 Å². The van der Waals surface area contributed by atoms with E-state index in [1.807, 2.05) is 25.1 Å². The van der Waals surface area contributed by atoms with Crippen LogP contribution in [-0.2, 0) is 0 Å². The Bertz CT molecular complexity index is 327. The van der Waals surface area contributed by atoms with Gasteiger partial charge in [-0.1, -0.05) is 15.9 Å². The molecule has 1 aromatic rings. The van der Waals surface area contributed by atoms with Gasteiger partial charge in [-0.3, -0.25) is 0 Å². The van der Waals surface area contributed by atoms with Crippen LogP contribution in [0.4, 0.5) is 0 Å². The first-order valence-corrected chi connectivity index (χ1v) is 5.18. The van der Waals surface area contributed by atoms with E-state index in [-0.39, 0.29) is 12.1 Å². The van der Waals surface area contributed by atoms with Gasteiger partial charge in [-0.25, -0.2) is 0 Å². The topological polar surface area (TPSA) is 35.2 Å². The van der Waals surface area contributed by atoms with E-state index in [0.717, 1.165) is 22.2 Å². The molecule has 0 spiro atoms. The molecule has 0 saturated heterocycles. The number of hydrogen-bond acceptors (Lipinski definition) is 2. The molecule has 1 heterocycles. The molecular weight excluding hydrogens is 230 g/mol. The van der Waals surface area contributed by atoms with Crippen LogP contribution in [0.5, 0.6) is 5.75 Å². The van der Waals surface area contributed by atoms with E-state index in [0.29, 0.717) is 0 Å². The van der Waals surface area contributed by atoms with E-state index < -0.39 is 0 Å². The third kappa shape index (κ3) is 1.71. The average molecular weight is 242 g/mol. The highest BCUT2D eigenvalue weighted by Crippen LogP contribution is 2.34. The summed E-state index contributed by atoms with van der Waals surface area (Å²) in [5.41, 5.74) is 7.11. The third-order valence-corrected chi connectivity index (χ3v) is 2.78. The highest BCUT2D eigenvalue weighted by atomic mass is 79.9. The summed E-state index contributed by atoms with van der Waals surface area (Å²) in [4.78, 5) is 0. The molecule has 2 nitrogen and oxygen atoms in total. The standard InChI is InChI=1S/C10H12BrNO/c1-6-4-9(12)8-5-7(11)2-3-10(8)13-6/h2-3,5-6,9H,4,12H2,1H3. The molecule has 0 radical (unpaired) electrons. The third-order valence-electron chi connectivity index (χ3n) is 2.29. The largest absolute Gasteiger partial charge is 0.490 e. The maximum atomic E-state index is 6.00. The van der Waals surface area contributed by atoms with Crippen LogP contribution in [0.3, 0.4) is 0 Å². The molecule has 0 aromatic heterocycles. The molecule has 0 bridgehead atoms. The number of benzene rings is 1. The van der Waals surface area contributed by atoms with Crippen LogP contribution in [0, 0.1) is 0 Å². The molecule has 2 N–H and O–H groups in total. The highest BCUT2D eigenvalue weighted by Gasteiger charge is 2.22. The van der Waals surface area contributed by atoms with Crippen molar-refractivity contribution in [2.24, 2.45) is 5.73 Å². The van der Waals surface area contributed by atoms with Crippen molar-refractivity contribution in [3.8, 4) is 5.75 Å². The maximum Gasteiger partial charge on any atom is 0.124 e. The Balaban J connectivity index is 2.43. The molecule has 3 heteroatoms. The number of fused-ring (bicyclic) bond motifs is 1. The van der Waals surface area contributed by atoms with E-state index in [4.69, 9.17) is 10.5 Å². The summed E-state index contributed by atoms with van der Waals surface area (Å²) >= 11 is 3.42. The molecule has 2 atom stereocenters. The number of nitrogens with two attached hydrogens (primary N) is 1. The van der Waals surface area contributed by atoms with Gasteiger partial charge in [0.05, 0.1) is 6.10 Å². The van der Waals surface area contributed by atoms with Crippen molar-refractivity contribution in [1.29, 1.82) is 0 Å². The average Bonchev–Trinajstić information content (AvgIpc) is 2.06. The van der Waals surface area contributed by atoms with E-state index in [1.165, 1.54) is 0 Å². The molecule has 13 heavy (non-hydrogen) atoms. The number of rotatable bonds is 0. The zero-order chi connectivity index (χ0) is 9.42. The smallest absolute Gasteiger partial charge is 0.124 e. The predicted octanol–water partition coefficient (Wildman–Crippen LogP) is 2.62. The van der Waals surface area contributed by atoms with Crippen molar-refractivity contribution in [3.05, 3.63) is 28.2 Å². The molecule has 0 amide bonds. The van der Waals surface area contributed by atoms with Gasteiger partial charge in [0.2, 0.25) is 0 Å². The monoisotopic (exact) mass is 241 g/mol. The Morgan fingerprint density at radius 2 is 2.31 bits per heavy atom. The molecular formula is C10H12BrNO. The summed E-state index contributed by atoms with van der Waals surface area (Å²) < 4.78 is 6.71. The summed E-state index contributed by atoms with van der Waals surface area (Å²) in [5, 5.41) is 0. The van der Waals surface area contributed by atoms with Gasteiger partial charge < -0.3 is 10.5 Å². The highest BCUT2D eigenvalue weighted by molar-refractivity contribution is 9.10. The summed E-state index contributed by atoms with van der Waals surface area (Å²) in [6.45, 7) is 2.05. The lowest BCUT2D eigenvalue weighted by atomic mass is 9.98. The van der Waals surface area contributed by atoms with Gasteiger partial charge in [0.15, 0.2) is 0 Å². The zero-order valence-electron chi connectivity index (χ0n) is 7.46. The Kier molecular flexibility index (Phi) is 2.30. The van der Waals surface area contributed by atoms with E-state index >= 15 is 0 Å². The minimum Gasteiger partial charge on any atom is -0.490 e. The van der Waals surface area contributed by atoms with Crippen molar-refractivity contribution < 1.29 is 4.74 Å². The summed E-state index contributed by atoms with van der Waals surface area (Å²) in [6, 6.07) is 6.08. The van der Waals surface area contributed by atoms with Crippen LogP contribution >= 0.6 is 15.9 Å². The molecule has 0 saturated carbocycles. The fourth-order valence-electron chi connectivity index (χ4n) is 1.67. The zero-order valence-corrected chi connectivity index (χ0v) is 9.04. The van der Waals surface area contributed by atoms with Gasteiger partial charge in [0, 0.05) is 22.5 Å². The van der Waals surface area contributed by atoms with Crippen molar-refractivity contribution in [2.45, 2.75) is 25.5 Å². The molecule has 2 unspecified atom stereocenters. The molecule has 0 aliphatic carbocycles. The van der Waals surface area contributed by atoms with Crippen molar-refractivity contribution >= 4 is 15.9 Å². The lowest BCUT2D eigenvalue weighted by Crippen LogP contribution is -2.27. The number of halogens is 1. The fourth-order valence-corrected chi connectivity index (χ4v) is 2.04. The minimum atomic E-state index is 0.108. The fraction of sp³-hybridized carbons (Fsp3) is 0.400. The minimum absolute atomic E-state index is 0.108. The molecule has 2 rings (SSSR count). The van der Waals surface area contributed by atoms with Crippen LogP contribution in [-0.4, -0.2) is 6.10 Å². The van der Waals surface area contributed by atoms with Gasteiger partial charge >= 0.3 is 0 Å². The maximum absolute atomic E-state index is 6.00. The number of ether oxygens (including phenoxy) is 1. The van der Waals surface area contributed by atoms with E-state index in [2.05, 4.69) is 15.9 Å². The normalized spacial score (nSPS) is 26.4. The predicted molar refractivity (Wildman–Crippen MR) is 55.8 cm³/mol. The van der Waals surface area contributed by atoms with Crippen LogP contribution in [0.15, 0.2) is 22.7 Å². The van der Waals surface area contributed by atoms with Crippen molar-refractivity contribution in [2.75, 3.05) is 0 Å². The van der Waals surface area contributed by atoms with Gasteiger partial charge in [-0.2, -0.15) is 0 Å². The SMILES string of the molecule is CC1CC(N)c2cc(Br)ccc2O1. The van der Waals surface area contributed by atoms with Crippen LogP contribution in [0.25, 0.3) is 0 Å². The van der Waals surface area contributed by atoms with E-state index in [1.54, 1.807) is 0 Å². The van der Waals surface area contributed by atoms with E-state index in [9.17, 15) is 0 Å². The van der Waals surface area contributed by atoms with Crippen molar-refractivity contribution in [1.82, 2.24) is 0 Å². The second kappa shape index (κ2) is 3.31. The first kappa shape index (κ1) is 9.03. The lowest BCUT2D eigenvalue weighted by molar-refractivity contribution is 0.177. The van der Waals surface area contributed by atoms with Crippen LogP contribution in [0.1, 0.15) is 24.9 Å². The summed E-state index contributed by atoms with van der Waals surface area (Å²) in [6.07, 6.45) is 1.12. The second-order valence-electron chi connectivity index (χ2n) is 3.45. The first-order valence-electron chi connectivity index (χ1n) is 4.38. The Morgan fingerprint density at radius 3 is 3.08 bits per heavy atom. The van der Waals surface area contributed by atoms with Gasteiger partial charge in [-0.15, -0.1) is 0 Å². The molecule has 1 aliphatic rings. The van der Waals surface area contributed by atoms with Crippen LogP contribution < -0.4 is 10.5 Å². The Morgan fingerprint density at radius 1 is 1.54 bits per heavy atom. The lowest BCUT2D eigenvalue weighted by Gasteiger charge is -2.28. The van der Waals surface area contributed by atoms with Gasteiger partial charge in [-0.05, 0) is 25.1 Å². The van der Waals surface area contributed by atoms with Gasteiger partial charge in [0.1, 0.15) is 5.75 Å². The number of hydrogen-bond donors (Lipinski definition) is 1. The quantitative estimate of drug-likeness (QED) is 0.758. The summed E-state index contributed by atoms with van der Waals surface area (Å²) in [5.74, 6) is 0.925. The van der Waals surface area contributed by atoms with Crippen molar-refractivity contribution in [3.63, 3.8) is 0 Å². The molecule has 70 valence electrons. The molecule has 0 fully saturated rings. The Hall–Kier alpha value is -0.540. The second-order valence-corrected chi connectivity index (χ2v) is 4.37. The van der Waals surface area contributed by atoms with Crippen LogP contribution in [0.2, 0.25) is 0 Å².